The molecule has 0 aliphatic rings. The Hall–Kier alpha value is -1.31. The van der Waals surface area contributed by atoms with Crippen LogP contribution in [0.5, 0.6) is 0 Å². The maximum Gasteiger partial charge on any atom is 0.167 e. The zero-order chi connectivity index (χ0) is 13.5. The molecular weight excluding hydrogens is 262 g/mol. The van der Waals surface area contributed by atoms with Crippen molar-refractivity contribution in [3.8, 4) is 0 Å². The van der Waals surface area contributed by atoms with E-state index in [2.05, 4.69) is 45.3 Å². The van der Waals surface area contributed by atoms with Gasteiger partial charge in [-0.1, -0.05) is 6.07 Å². The molecule has 0 aliphatic carbocycles. The molecule has 0 bridgehead atoms. The Morgan fingerprint density at radius 3 is 3.16 bits per heavy atom. The minimum absolute atomic E-state index is 0.119. The summed E-state index contributed by atoms with van der Waals surface area (Å²) in [5.41, 5.74) is 0. The second kappa shape index (κ2) is 7.32. The van der Waals surface area contributed by atoms with Gasteiger partial charge in [0, 0.05) is 31.5 Å². The van der Waals surface area contributed by atoms with Crippen molar-refractivity contribution >= 4 is 11.3 Å². The molecule has 104 valence electrons. The summed E-state index contributed by atoms with van der Waals surface area (Å²) in [6, 6.07) is 4.32. The van der Waals surface area contributed by atoms with Crippen LogP contribution in [0.1, 0.15) is 23.7 Å². The molecule has 2 aromatic heterocycles. The van der Waals surface area contributed by atoms with Crippen molar-refractivity contribution in [1.29, 1.82) is 0 Å². The highest BCUT2D eigenvalue weighted by Crippen LogP contribution is 2.12. The lowest BCUT2D eigenvalue weighted by Gasteiger charge is -2.12. The molecule has 0 fully saturated rings. The summed E-state index contributed by atoms with van der Waals surface area (Å²) in [5, 5.41) is 17.3. The molecule has 1 N–H and O–H groups in total. The van der Waals surface area contributed by atoms with Crippen molar-refractivity contribution in [2.45, 2.75) is 25.9 Å². The molecule has 2 rings (SSSR count). The van der Waals surface area contributed by atoms with Gasteiger partial charge in [-0.15, -0.1) is 16.4 Å². The molecule has 1 atom stereocenters. The van der Waals surface area contributed by atoms with Gasteiger partial charge in [-0.2, -0.15) is 0 Å². The van der Waals surface area contributed by atoms with E-state index in [1.807, 2.05) is 4.68 Å². The predicted octanol–water partition coefficient (Wildman–Crippen LogP) is 1.27. The van der Waals surface area contributed by atoms with Gasteiger partial charge in [0.05, 0.1) is 12.6 Å². The Bertz CT molecular complexity index is 470. The molecule has 0 spiro atoms. The van der Waals surface area contributed by atoms with Crippen LogP contribution in [0.2, 0.25) is 0 Å². The highest BCUT2D eigenvalue weighted by atomic mass is 32.1. The van der Waals surface area contributed by atoms with Crippen LogP contribution in [0.15, 0.2) is 17.5 Å². The number of tetrazole rings is 1. The van der Waals surface area contributed by atoms with Gasteiger partial charge in [0.15, 0.2) is 5.82 Å². The van der Waals surface area contributed by atoms with Gasteiger partial charge < -0.3 is 10.1 Å². The molecule has 1 unspecified atom stereocenters. The monoisotopic (exact) mass is 281 g/mol. The molecule has 0 aliphatic heterocycles. The number of hydrogen-bond donors (Lipinski definition) is 1. The minimum Gasteiger partial charge on any atom is -0.383 e. The lowest BCUT2D eigenvalue weighted by molar-refractivity contribution is 0.195. The predicted molar refractivity (Wildman–Crippen MR) is 74.1 cm³/mol. The molecule has 0 saturated heterocycles. The molecular formula is C12H19N5OS. The highest BCUT2D eigenvalue weighted by Gasteiger charge is 2.13. The fourth-order valence-electron chi connectivity index (χ4n) is 1.82. The van der Waals surface area contributed by atoms with Crippen LogP contribution in [-0.2, 0) is 17.7 Å². The topological polar surface area (TPSA) is 64.9 Å². The third kappa shape index (κ3) is 4.09. The largest absolute Gasteiger partial charge is 0.383 e. The lowest BCUT2D eigenvalue weighted by atomic mass is 10.3. The van der Waals surface area contributed by atoms with Crippen LogP contribution < -0.4 is 5.32 Å². The minimum atomic E-state index is 0.119. The van der Waals surface area contributed by atoms with Gasteiger partial charge in [0.25, 0.3) is 0 Å². The van der Waals surface area contributed by atoms with Gasteiger partial charge >= 0.3 is 0 Å². The highest BCUT2D eigenvalue weighted by molar-refractivity contribution is 7.09. The van der Waals surface area contributed by atoms with Crippen LogP contribution >= 0.6 is 11.3 Å². The first-order valence-electron chi connectivity index (χ1n) is 6.32. The second-order valence-electron chi connectivity index (χ2n) is 4.26. The number of ether oxygens (including phenoxy) is 1. The Labute approximate surface area is 116 Å². The quantitative estimate of drug-likeness (QED) is 0.738. The van der Waals surface area contributed by atoms with Crippen LogP contribution in [0.3, 0.4) is 0 Å². The molecule has 7 heteroatoms. The first kappa shape index (κ1) is 14.1. The molecule has 0 aromatic carbocycles. The van der Waals surface area contributed by atoms with E-state index in [1.165, 1.54) is 4.88 Å². The van der Waals surface area contributed by atoms with E-state index in [1.54, 1.807) is 18.4 Å². The van der Waals surface area contributed by atoms with Gasteiger partial charge in [-0.25, -0.2) is 4.68 Å². The zero-order valence-corrected chi connectivity index (χ0v) is 12.1. The second-order valence-corrected chi connectivity index (χ2v) is 5.29. The van der Waals surface area contributed by atoms with Crippen molar-refractivity contribution in [2.75, 3.05) is 20.3 Å². The van der Waals surface area contributed by atoms with E-state index < -0.39 is 0 Å². The first-order valence-corrected chi connectivity index (χ1v) is 7.20. The molecule has 6 nitrogen and oxygen atoms in total. The summed E-state index contributed by atoms with van der Waals surface area (Å²) < 4.78 is 6.88. The van der Waals surface area contributed by atoms with Crippen LogP contribution in [0.25, 0.3) is 0 Å². The number of aromatic nitrogens is 4. The summed E-state index contributed by atoms with van der Waals surface area (Å²) in [6.07, 6.45) is 0.959. The molecule has 19 heavy (non-hydrogen) atoms. The number of nitrogens with one attached hydrogen (secondary N) is 1. The van der Waals surface area contributed by atoms with E-state index in [4.69, 9.17) is 4.74 Å². The smallest absolute Gasteiger partial charge is 0.167 e. The Morgan fingerprint density at radius 1 is 1.53 bits per heavy atom. The van der Waals surface area contributed by atoms with E-state index in [-0.39, 0.29) is 6.04 Å². The van der Waals surface area contributed by atoms with Crippen LogP contribution in [0, 0.1) is 0 Å². The van der Waals surface area contributed by atoms with Crippen molar-refractivity contribution in [1.82, 2.24) is 25.5 Å². The van der Waals surface area contributed by atoms with Gasteiger partial charge in [-0.3, -0.25) is 0 Å². The Kier molecular flexibility index (Phi) is 5.44. The molecule has 2 heterocycles. The van der Waals surface area contributed by atoms with Crippen molar-refractivity contribution in [3.05, 3.63) is 28.2 Å². The fraction of sp³-hybridized carbons (Fsp3) is 0.583. The fourth-order valence-corrected chi connectivity index (χ4v) is 2.52. The summed E-state index contributed by atoms with van der Waals surface area (Å²) >= 11 is 1.76. The number of methoxy groups -OCH3 is 1. The standard InChI is InChI=1S/C12H19N5OS/c1-10(13-6-8-18-2)12-14-15-16-17(12)7-5-11-4-3-9-19-11/h3-4,9-10,13H,5-8H2,1-2H3. The van der Waals surface area contributed by atoms with Crippen LogP contribution in [-0.4, -0.2) is 40.5 Å². The number of aryl methyl sites for hydroxylation is 2. The Balaban J connectivity index is 1.89. The number of nitrogens with zero attached hydrogens (tertiary/aromatic N) is 4. The molecule has 0 saturated carbocycles. The van der Waals surface area contributed by atoms with E-state index in [0.29, 0.717) is 6.61 Å². The number of thiophene rings is 1. The van der Waals surface area contributed by atoms with Gasteiger partial charge in [-0.05, 0) is 28.8 Å². The van der Waals surface area contributed by atoms with E-state index >= 15 is 0 Å². The maximum atomic E-state index is 5.02. The van der Waals surface area contributed by atoms with Crippen LogP contribution in [0.4, 0.5) is 0 Å². The van der Waals surface area contributed by atoms with Gasteiger partial charge in [0.2, 0.25) is 0 Å². The maximum absolute atomic E-state index is 5.02. The van der Waals surface area contributed by atoms with E-state index in [0.717, 1.165) is 25.3 Å². The Morgan fingerprint density at radius 2 is 2.42 bits per heavy atom. The number of rotatable bonds is 8. The third-order valence-corrected chi connectivity index (χ3v) is 3.79. The normalized spacial score (nSPS) is 12.7. The summed E-state index contributed by atoms with van der Waals surface area (Å²) in [7, 11) is 1.69. The molecule has 0 amide bonds. The lowest BCUT2D eigenvalue weighted by Crippen LogP contribution is -2.26. The summed E-state index contributed by atoms with van der Waals surface area (Å²) in [5.74, 6) is 0.868. The van der Waals surface area contributed by atoms with Gasteiger partial charge in [0.1, 0.15) is 0 Å². The SMILES string of the molecule is COCCNC(C)c1nnnn1CCc1cccs1. The number of hydrogen-bond acceptors (Lipinski definition) is 6. The molecule has 0 radical (unpaired) electrons. The zero-order valence-electron chi connectivity index (χ0n) is 11.2. The van der Waals surface area contributed by atoms with E-state index in [9.17, 15) is 0 Å². The average Bonchev–Trinajstić information content (AvgIpc) is 3.07. The van der Waals surface area contributed by atoms with Crippen molar-refractivity contribution in [2.24, 2.45) is 0 Å². The third-order valence-electron chi connectivity index (χ3n) is 2.85. The summed E-state index contributed by atoms with van der Waals surface area (Å²) in [6.45, 7) is 4.33. The van der Waals surface area contributed by atoms with Crippen molar-refractivity contribution < 1.29 is 4.74 Å². The summed E-state index contributed by atoms with van der Waals surface area (Å²) in [4.78, 5) is 1.35. The first-order chi connectivity index (χ1) is 9.31. The average molecular weight is 281 g/mol. The van der Waals surface area contributed by atoms with Crippen molar-refractivity contribution in [3.63, 3.8) is 0 Å². The molecule has 2 aromatic rings.